The predicted octanol–water partition coefficient (Wildman–Crippen LogP) is 0.445. The van der Waals surface area contributed by atoms with Crippen LogP contribution in [0.25, 0.3) is 0 Å². The number of hydrogen-bond acceptors (Lipinski definition) is 5. The fraction of sp³-hybridized carbons (Fsp3) is 0.556. The molecule has 1 aliphatic rings. The highest BCUT2D eigenvalue weighted by Gasteiger charge is 2.14. The lowest BCUT2D eigenvalue weighted by Gasteiger charge is -2.34. The number of likely N-dealkylation sites (N-methyl/N-ethyl adjacent to an activating group) is 2. The molecule has 7 heteroatoms. The van der Waals surface area contributed by atoms with Gasteiger partial charge in [0.25, 0.3) is 0 Å². The zero-order valence-corrected chi connectivity index (χ0v) is 15.4. The van der Waals surface area contributed by atoms with Crippen molar-refractivity contribution in [2.24, 2.45) is 0 Å². The average Bonchev–Trinajstić information content (AvgIpc) is 2.56. The third kappa shape index (κ3) is 6.72. The predicted molar refractivity (Wildman–Crippen MR) is 101 cm³/mol. The van der Waals surface area contributed by atoms with Gasteiger partial charge >= 0.3 is 0 Å². The number of benzene rings is 1. The zero-order chi connectivity index (χ0) is 18.2. The quantitative estimate of drug-likeness (QED) is 0.701. The van der Waals surface area contributed by atoms with E-state index in [1.807, 2.05) is 43.3 Å². The molecule has 0 unspecified atom stereocenters. The number of nitrogens with one attached hydrogen (secondary N) is 2. The Morgan fingerprint density at radius 2 is 1.68 bits per heavy atom. The molecule has 1 fully saturated rings. The molecular formula is C18H29N5O2. The van der Waals surface area contributed by atoms with Crippen molar-refractivity contribution in [1.82, 2.24) is 15.1 Å². The maximum absolute atomic E-state index is 11.9. The van der Waals surface area contributed by atoms with E-state index in [1.54, 1.807) is 0 Å². The molecule has 1 heterocycles. The third-order valence-corrected chi connectivity index (χ3v) is 4.22. The second-order valence-electron chi connectivity index (χ2n) is 6.72. The minimum atomic E-state index is -0.297. The Balaban J connectivity index is 1.76. The molecule has 138 valence electrons. The summed E-state index contributed by atoms with van der Waals surface area (Å²) in [7, 11) is 6.00. The molecule has 0 aromatic heterocycles. The van der Waals surface area contributed by atoms with Crippen molar-refractivity contribution in [3.05, 3.63) is 24.3 Å². The first-order chi connectivity index (χ1) is 11.9. The minimum absolute atomic E-state index is 0.159. The van der Waals surface area contributed by atoms with Gasteiger partial charge in [-0.1, -0.05) is 0 Å². The summed E-state index contributed by atoms with van der Waals surface area (Å²) in [6, 6.07) is 7.79. The van der Waals surface area contributed by atoms with Crippen LogP contribution in [0.1, 0.15) is 6.42 Å². The van der Waals surface area contributed by atoms with Gasteiger partial charge in [0.2, 0.25) is 11.8 Å². The lowest BCUT2D eigenvalue weighted by atomic mass is 10.2. The maximum atomic E-state index is 11.9. The topological polar surface area (TPSA) is 67.9 Å². The van der Waals surface area contributed by atoms with Crippen LogP contribution in [0.4, 0.5) is 11.4 Å². The summed E-state index contributed by atoms with van der Waals surface area (Å²) in [5.41, 5.74) is 1.87. The van der Waals surface area contributed by atoms with Crippen LogP contribution >= 0.6 is 0 Å². The first kappa shape index (κ1) is 19.2. The monoisotopic (exact) mass is 347 g/mol. The zero-order valence-electron chi connectivity index (χ0n) is 15.4. The molecule has 0 spiro atoms. The highest BCUT2D eigenvalue weighted by molar-refractivity contribution is 6.03. The Kier molecular flexibility index (Phi) is 7.21. The van der Waals surface area contributed by atoms with Crippen molar-refractivity contribution in [2.45, 2.75) is 6.42 Å². The number of hydrogen-bond donors (Lipinski definition) is 2. The van der Waals surface area contributed by atoms with Gasteiger partial charge in [-0.3, -0.25) is 9.59 Å². The number of carbonyl (C=O) groups excluding carboxylic acids is 2. The summed E-state index contributed by atoms with van der Waals surface area (Å²) in [5, 5.41) is 5.51. The van der Waals surface area contributed by atoms with Gasteiger partial charge in [0.15, 0.2) is 0 Å². The molecular weight excluding hydrogens is 318 g/mol. The maximum Gasteiger partial charge on any atom is 0.233 e. The second-order valence-corrected chi connectivity index (χ2v) is 6.72. The molecule has 1 aliphatic heterocycles. The Labute approximate surface area is 150 Å². The normalized spacial score (nSPS) is 15.3. The van der Waals surface area contributed by atoms with E-state index in [0.717, 1.165) is 38.4 Å². The second kappa shape index (κ2) is 9.39. The van der Waals surface area contributed by atoms with Gasteiger partial charge < -0.3 is 25.3 Å². The van der Waals surface area contributed by atoms with Crippen LogP contribution in [0.5, 0.6) is 0 Å². The summed E-state index contributed by atoms with van der Waals surface area (Å²) < 4.78 is 0. The van der Waals surface area contributed by atoms with Gasteiger partial charge in [-0.15, -0.1) is 0 Å². The molecule has 2 rings (SSSR count). The van der Waals surface area contributed by atoms with E-state index in [4.69, 9.17) is 0 Å². The van der Waals surface area contributed by atoms with Gasteiger partial charge in [0.1, 0.15) is 6.42 Å². The molecule has 25 heavy (non-hydrogen) atoms. The minimum Gasteiger partial charge on any atom is -0.369 e. The summed E-state index contributed by atoms with van der Waals surface area (Å²) in [6.07, 6.45) is -0.159. The Morgan fingerprint density at radius 1 is 1.04 bits per heavy atom. The fourth-order valence-electron chi connectivity index (χ4n) is 2.65. The van der Waals surface area contributed by atoms with E-state index in [2.05, 4.69) is 27.5 Å². The van der Waals surface area contributed by atoms with Crippen molar-refractivity contribution in [3.63, 3.8) is 0 Å². The largest absolute Gasteiger partial charge is 0.369 e. The summed E-state index contributed by atoms with van der Waals surface area (Å²) >= 11 is 0. The van der Waals surface area contributed by atoms with Gasteiger partial charge in [-0.25, -0.2) is 0 Å². The van der Waals surface area contributed by atoms with E-state index in [9.17, 15) is 9.59 Å². The Hall–Kier alpha value is -2.12. The number of carbonyl (C=O) groups is 2. The van der Waals surface area contributed by atoms with Crippen LogP contribution < -0.4 is 15.5 Å². The molecule has 0 aliphatic carbocycles. The Morgan fingerprint density at radius 3 is 2.28 bits per heavy atom. The molecule has 2 amide bonds. The van der Waals surface area contributed by atoms with Gasteiger partial charge in [-0.05, 0) is 45.4 Å². The van der Waals surface area contributed by atoms with Crippen LogP contribution in [-0.2, 0) is 9.59 Å². The van der Waals surface area contributed by atoms with Crippen molar-refractivity contribution in [2.75, 3.05) is 70.6 Å². The number of rotatable bonds is 7. The van der Waals surface area contributed by atoms with E-state index in [0.29, 0.717) is 12.2 Å². The average molecular weight is 347 g/mol. The van der Waals surface area contributed by atoms with Crippen LogP contribution in [0.2, 0.25) is 0 Å². The first-order valence-corrected chi connectivity index (χ1v) is 8.69. The van der Waals surface area contributed by atoms with Crippen molar-refractivity contribution < 1.29 is 9.59 Å². The standard InChI is InChI=1S/C18H29N5O2/c1-21(2)9-8-19-17(24)14-18(25)20-15-4-6-16(7-5-15)23-12-10-22(3)11-13-23/h4-7H,8-14H2,1-3H3,(H,19,24)(H,20,25). The molecule has 7 nitrogen and oxygen atoms in total. The Bertz CT molecular complexity index is 565. The molecule has 0 radical (unpaired) electrons. The van der Waals surface area contributed by atoms with E-state index in [1.165, 1.54) is 0 Å². The number of piperazine rings is 1. The first-order valence-electron chi connectivity index (χ1n) is 8.69. The molecule has 1 aromatic rings. The number of anilines is 2. The highest BCUT2D eigenvalue weighted by atomic mass is 16.2. The van der Waals surface area contributed by atoms with E-state index >= 15 is 0 Å². The summed E-state index contributed by atoms with van der Waals surface area (Å²) in [4.78, 5) is 30.3. The smallest absolute Gasteiger partial charge is 0.233 e. The molecule has 1 saturated heterocycles. The molecule has 0 bridgehead atoms. The van der Waals surface area contributed by atoms with Crippen molar-refractivity contribution >= 4 is 23.2 Å². The number of amides is 2. The summed E-state index contributed by atoms with van der Waals surface area (Å²) in [5.74, 6) is -0.553. The van der Waals surface area contributed by atoms with Gasteiger partial charge in [0, 0.05) is 50.6 Å². The molecule has 1 aromatic carbocycles. The van der Waals surface area contributed by atoms with Crippen LogP contribution in [0.3, 0.4) is 0 Å². The van der Waals surface area contributed by atoms with Crippen LogP contribution in [-0.4, -0.2) is 82.0 Å². The third-order valence-electron chi connectivity index (χ3n) is 4.22. The molecule has 0 saturated carbocycles. The molecule has 0 atom stereocenters. The van der Waals surface area contributed by atoms with Crippen molar-refractivity contribution in [1.29, 1.82) is 0 Å². The SMILES string of the molecule is CN(C)CCNC(=O)CC(=O)Nc1ccc(N2CCN(C)CC2)cc1. The lowest BCUT2D eigenvalue weighted by molar-refractivity contribution is -0.126. The number of nitrogens with zero attached hydrogens (tertiary/aromatic N) is 3. The van der Waals surface area contributed by atoms with Crippen LogP contribution in [0.15, 0.2) is 24.3 Å². The van der Waals surface area contributed by atoms with E-state index in [-0.39, 0.29) is 18.2 Å². The van der Waals surface area contributed by atoms with Crippen molar-refractivity contribution in [3.8, 4) is 0 Å². The van der Waals surface area contributed by atoms with Gasteiger partial charge in [-0.2, -0.15) is 0 Å². The van der Waals surface area contributed by atoms with Gasteiger partial charge in [0.05, 0.1) is 0 Å². The highest BCUT2D eigenvalue weighted by Crippen LogP contribution is 2.19. The van der Waals surface area contributed by atoms with E-state index < -0.39 is 0 Å². The molecule has 2 N–H and O–H groups in total. The fourth-order valence-corrected chi connectivity index (χ4v) is 2.65. The van der Waals surface area contributed by atoms with Crippen LogP contribution in [0, 0.1) is 0 Å². The lowest BCUT2D eigenvalue weighted by Crippen LogP contribution is -2.44. The summed E-state index contributed by atoms with van der Waals surface area (Å²) in [6.45, 7) is 5.42.